The summed E-state index contributed by atoms with van der Waals surface area (Å²) in [5.74, 6) is 1.83. The number of aromatic nitrogens is 1. The first-order valence-electron chi connectivity index (χ1n) is 20.1. The second-order valence-electron chi connectivity index (χ2n) is 15.2. The number of para-hydroxylation sites is 5. The number of nitrogens with zero attached hydrogens (tertiary/aromatic N) is 2. The smallest absolute Gasteiger partial charge is 0.149 e. The maximum Gasteiger partial charge on any atom is 0.149 e. The highest BCUT2D eigenvalue weighted by molar-refractivity contribution is 7.99. The zero-order chi connectivity index (χ0) is 38.9. The molecule has 3 nitrogen and oxygen atoms in total. The highest BCUT2D eigenvalue weighted by Crippen LogP contribution is 2.62. The lowest BCUT2D eigenvalue weighted by Crippen LogP contribution is -2.28. The van der Waals surface area contributed by atoms with E-state index < -0.39 is 5.41 Å². The number of ether oxygens (including phenoxy) is 1. The second kappa shape index (κ2) is 13.4. The van der Waals surface area contributed by atoms with Crippen LogP contribution < -0.4 is 9.64 Å². The molecule has 59 heavy (non-hydrogen) atoms. The monoisotopic (exact) mass is 772 g/mol. The van der Waals surface area contributed by atoms with Gasteiger partial charge in [0, 0.05) is 39.1 Å². The molecule has 1 atom stereocenters. The van der Waals surface area contributed by atoms with E-state index in [9.17, 15) is 0 Å². The molecular weight excluding hydrogens is 737 g/mol. The van der Waals surface area contributed by atoms with Crippen molar-refractivity contribution in [3.05, 3.63) is 241 Å². The minimum absolute atomic E-state index is 0.631. The third-order valence-electron chi connectivity index (χ3n) is 12.1. The molecule has 2 aliphatic rings. The number of rotatable bonds is 6. The van der Waals surface area contributed by atoms with Gasteiger partial charge in [-0.2, -0.15) is 0 Å². The first-order chi connectivity index (χ1) is 29.3. The lowest BCUT2D eigenvalue weighted by atomic mass is 9.67. The van der Waals surface area contributed by atoms with Crippen LogP contribution in [0.15, 0.2) is 228 Å². The molecule has 1 unspecified atom stereocenters. The number of fused-ring (bicyclic) bond motifs is 9. The van der Waals surface area contributed by atoms with Crippen molar-refractivity contribution in [2.75, 3.05) is 4.90 Å². The van der Waals surface area contributed by atoms with Crippen molar-refractivity contribution < 1.29 is 4.74 Å². The van der Waals surface area contributed by atoms with E-state index in [0.717, 1.165) is 49.6 Å². The Morgan fingerprint density at radius 3 is 1.64 bits per heavy atom. The Balaban J connectivity index is 1.08. The van der Waals surface area contributed by atoms with Gasteiger partial charge in [0.2, 0.25) is 0 Å². The van der Waals surface area contributed by atoms with Gasteiger partial charge in [-0.3, -0.25) is 0 Å². The van der Waals surface area contributed by atoms with E-state index in [1.54, 1.807) is 11.8 Å². The summed E-state index contributed by atoms with van der Waals surface area (Å²) >= 11 is 1.78. The van der Waals surface area contributed by atoms with Crippen LogP contribution in [0.1, 0.15) is 22.3 Å². The molecule has 0 spiro atoms. The molecule has 0 amide bonds. The zero-order valence-electron chi connectivity index (χ0n) is 32.0. The molecular formula is C55H36N2OS. The molecule has 1 aliphatic heterocycles. The Morgan fingerprint density at radius 1 is 0.424 bits per heavy atom. The van der Waals surface area contributed by atoms with Gasteiger partial charge in [-0.15, -0.1) is 0 Å². The predicted molar refractivity (Wildman–Crippen MR) is 243 cm³/mol. The summed E-state index contributed by atoms with van der Waals surface area (Å²) in [7, 11) is 0. The van der Waals surface area contributed by atoms with Gasteiger partial charge in [0.1, 0.15) is 11.5 Å². The summed E-state index contributed by atoms with van der Waals surface area (Å²) in [5, 5.41) is 2.51. The summed E-state index contributed by atoms with van der Waals surface area (Å²) in [4.78, 5) is 4.59. The van der Waals surface area contributed by atoms with Gasteiger partial charge in [-0.05, 0) is 107 Å². The van der Waals surface area contributed by atoms with Crippen LogP contribution in [-0.2, 0) is 5.41 Å². The standard InChI is InChI=1S/C55H36N2OS/c1-3-15-39(16-4-1)56(40-17-5-2-6-18-40)41-31-27-37(28-32-41)55(38-29-33-42(34-30-38)57-48-23-11-8-19-43(48)44-20-9-12-24-49(44)57)46-22-10-7-21-45(46)53-47(55)35-36-52-54(53)58-50-25-13-14-26-51(50)59-52/h1-36H. The Hall–Kier alpha value is -7.27. The summed E-state index contributed by atoms with van der Waals surface area (Å²) in [6.45, 7) is 0. The molecule has 1 aromatic heterocycles. The third kappa shape index (κ3) is 5.10. The summed E-state index contributed by atoms with van der Waals surface area (Å²) in [5.41, 5.74) is 13.4. The molecule has 0 saturated heterocycles. The summed E-state index contributed by atoms with van der Waals surface area (Å²) < 4.78 is 9.31. The molecule has 0 radical (unpaired) electrons. The van der Waals surface area contributed by atoms with Gasteiger partial charge in [-0.25, -0.2) is 0 Å². The predicted octanol–water partition coefficient (Wildman–Crippen LogP) is 14.9. The van der Waals surface area contributed by atoms with Crippen molar-refractivity contribution in [1.82, 2.24) is 4.57 Å². The number of benzene rings is 9. The molecule has 4 heteroatoms. The maximum absolute atomic E-state index is 6.91. The quantitative estimate of drug-likeness (QED) is 0.168. The highest BCUT2D eigenvalue weighted by Gasteiger charge is 2.48. The molecule has 0 bridgehead atoms. The van der Waals surface area contributed by atoms with Crippen LogP contribution in [0.4, 0.5) is 17.1 Å². The van der Waals surface area contributed by atoms with Crippen LogP contribution in [0.5, 0.6) is 11.5 Å². The Bertz CT molecular complexity index is 3120. The van der Waals surface area contributed by atoms with E-state index in [0.29, 0.717) is 0 Å². The minimum Gasteiger partial charge on any atom is -0.454 e. The van der Waals surface area contributed by atoms with Crippen molar-refractivity contribution in [3.8, 4) is 28.3 Å². The fourth-order valence-corrected chi connectivity index (χ4v) is 10.6. The van der Waals surface area contributed by atoms with Crippen molar-refractivity contribution in [1.29, 1.82) is 0 Å². The van der Waals surface area contributed by atoms with Crippen molar-refractivity contribution in [2.24, 2.45) is 0 Å². The first-order valence-corrected chi connectivity index (χ1v) is 20.9. The van der Waals surface area contributed by atoms with E-state index in [1.807, 2.05) is 0 Å². The fraction of sp³-hybridized carbons (Fsp3) is 0.0182. The molecule has 0 fully saturated rings. The van der Waals surface area contributed by atoms with E-state index >= 15 is 0 Å². The summed E-state index contributed by atoms with van der Waals surface area (Å²) in [6, 6.07) is 79.1. The van der Waals surface area contributed by atoms with E-state index in [-0.39, 0.29) is 0 Å². The molecule has 9 aromatic carbocycles. The van der Waals surface area contributed by atoms with Crippen LogP contribution in [-0.4, -0.2) is 4.57 Å². The lowest BCUT2D eigenvalue weighted by Gasteiger charge is -2.35. The molecule has 278 valence electrons. The van der Waals surface area contributed by atoms with Gasteiger partial charge < -0.3 is 14.2 Å². The summed E-state index contributed by atoms with van der Waals surface area (Å²) in [6.07, 6.45) is 0. The third-order valence-corrected chi connectivity index (χ3v) is 13.2. The van der Waals surface area contributed by atoms with E-state index in [1.165, 1.54) is 49.6 Å². The Kier molecular flexibility index (Phi) is 7.69. The van der Waals surface area contributed by atoms with Crippen LogP contribution >= 0.6 is 11.8 Å². The van der Waals surface area contributed by atoms with Crippen LogP contribution in [0.2, 0.25) is 0 Å². The van der Waals surface area contributed by atoms with Crippen molar-refractivity contribution >= 4 is 50.6 Å². The largest absolute Gasteiger partial charge is 0.454 e. The molecule has 2 heterocycles. The molecule has 12 rings (SSSR count). The van der Waals surface area contributed by atoms with Gasteiger partial charge in [0.25, 0.3) is 0 Å². The Labute approximate surface area is 347 Å². The minimum atomic E-state index is -0.631. The van der Waals surface area contributed by atoms with Crippen molar-refractivity contribution in [3.63, 3.8) is 0 Å². The van der Waals surface area contributed by atoms with Gasteiger partial charge in [0.05, 0.1) is 26.2 Å². The SMILES string of the molecule is c1ccc(N(c2ccccc2)c2ccc(C3(c4ccc(-n5c6ccccc6c6ccccc65)cc4)c4ccccc4-c4c3ccc3c4Oc4ccccc4S3)cc2)cc1. The average Bonchev–Trinajstić information content (AvgIpc) is 3.81. The molecule has 0 saturated carbocycles. The lowest BCUT2D eigenvalue weighted by molar-refractivity contribution is 0.456. The average molecular weight is 773 g/mol. The normalized spacial score (nSPS) is 14.9. The number of hydrogen-bond donors (Lipinski definition) is 0. The second-order valence-corrected chi connectivity index (χ2v) is 16.3. The Morgan fingerprint density at radius 2 is 0.966 bits per heavy atom. The first kappa shape index (κ1) is 33.8. The molecule has 10 aromatic rings. The van der Waals surface area contributed by atoms with Crippen LogP contribution in [0, 0.1) is 0 Å². The van der Waals surface area contributed by atoms with E-state index in [2.05, 4.69) is 228 Å². The van der Waals surface area contributed by atoms with Crippen LogP contribution in [0.3, 0.4) is 0 Å². The number of hydrogen-bond acceptors (Lipinski definition) is 3. The van der Waals surface area contributed by atoms with Gasteiger partial charge in [-0.1, -0.05) is 151 Å². The number of anilines is 3. The highest BCUT2D eigenvalue weighted by atomic mass is 32.2. The fourth-order valence-electron chi connectivity index (χ4n) is 9.66. The molecule has 1 aliphatic carbocycles. The maximum atomic E-state index is 6.91. The molecule has 0 N–H and O–H groups in total. The van der Waals surface area contributed by atoms with Crippen molar-refractivity contribution in [2.45, 2.75) is 15.2 Å². The van der Waals surface area contributed by atoms with E-state index in [4.69, 9.17) is 4.74 Å². The van der Waals surface area contributed by atoms with Crippen LogP contribution in [0.25, 0.3) is 38.6 Å². The zero-order valence-corrected chi connectivity index (χ0v) is 32.8. The van der Waals surface area contributed by atoms with Gasteiger partial charge in [0.15, 0.2) is 0 Å². The van der Waals surface area contributed by atoms with Gasteiger partial charge >= 0.3 is 0 Å². The topological polar surface area (TPSA) is 17.4 Å².